The van der Waals surface area contributed by atoms with Gasteiger partial charge in [0.15, 0.2) is 11.5 Å². The van der Waals surface area contributed by atoms with Gasteiger partial charge in [0, 0.05) is 30.1 Å². The Hall–Kier alpha value is -3.02. The number of benzene rings is 1. The van der Waals surface area contributed by atoms with E-state index in [1.54, 1.807) is 42.1 Å². The van der Waals surface area contributed by atoms with Gasteiger partial charge in [-0.2, -0.15) is 30.0 Å². The van der Waals surface area contributed by atoms with Crippen molar-refractivity contribution in [1.82, 2.24) is 25.4 Å². The molecule has 0 saturated heterocycles. The summed E-state index contributed by atoms with van der Waals surface area (Å²) in [6.45, 7) is 2.51. The van der Waals surface area contributed by atoms with E-state index in [2.05, 4.69) is 27.6 Å². The molecule has 2 unspecified atom stereocenters. The topological polar surface area (TPSA) is 88.9 Å². The standard InChI is InChI=1S/C27H26Cl2F3N5O2S/c1-2-3-12-40-13-11-34-25(38)18-14-16-7-4-5-8-17(16)22(29)23(18)35-26(39)20-15-21(27(30,31)32)36-37(20)24-19(28)9-6-10-33-24/h4-10,14-15,22-23H,2-3,11-13H2,1H3,(H,34,38)(H,35,39). The number of hydrogen-bond acceptors (Lipinski definition) is 5. The van der Waals surface area contributed by atoms with Crippen molar-refractivity contribution in [2.45, 2.75) is 37.4 Å². The Morgan fingerprint density at radius 2 is 1.90 bits per heavy atom. The maximum atomic E-state index is 13.6. The predicted octanol–water partition coefficient (Wildman–Crippen LogP) is 6.06. The van der Waals surface area contributed by atoms with Crippen LogP contribution in [0.25, 0.3) is 11.9 Å². The van der Waals surface area contributed by atoms with Crippen LogP contribution in [0.1, 0.15) is 52.5 Å². The number of hydrogen-bond donors (Lipinski definition) is 2. The molecule has 3 aromatic rings. The van der Waals surface area contributed by atoms with Gasteiger partial charge in [-0.1, -0.05) is 49.2 Å². The molecule has 13 heteroatoms. The van der Waals surface area contributed by atoms with Crippen LogP contribution in [0.2, 0.25) is 5.02 Å². The van der Waals surface area contributed by atoms with E-state index in [0.29, 0.717) is 29.5 Å². The van der Waals surface area contributed by atoms with Crippen molar-refractivity contribution in [3.8, 4) is 5.82 Å². The van der Waals surface area contributed by atoms with E-state index in [1.165, 1.54) is 18.3 Å². The van der Waals surface area contributed by atoms with E-state index in [1.807, 2.05) is 0 Å². The smallest absolute Gasteiger partial charge is 0.351 e. The number of amides is 2. The van der Waals surface area contributed by atoms with Crippen LogP contribution in [0.3, 0.4) is 0 Å². The Morgan fingerprint density at radius 1 is 1.12 bits per heavy atom. The third kappa shape index (κ3) is 6.82. The highest BCUT2D eigenvalue weighted by Crippen LogP contribution is 2.37. The lowest BCUT2D eigenvalue weighted by Crippen LogP contribution is -2.45. The van der Waals surface area contributed by atoms with Gasteiger partial charge in [0.1, 0.15) is 5.69 Å². The lowest BCUT2D eigenvalue weighted by molar-refractivity contribution is -0.141. The molecule has 0 fully saturated rings. The van der Waals surface area contributed by atoms with E-state index in [9.17, 15) is 22.8 Å². The van der Waals surface area contributed by atoms with Gasteiger partial charge in [-0.15, -0.1) is 11.6 Å². The second-order valence-corrected chi connectivity index (χ2v) is 11.0. The minimum Gasteiger partial charge on any atom is -0.351 e. The summed E-state index contributed by atoms with van der Waals surface area (Å²) in [6, 6.07) is 9.60. The normalized spacial score (nSPS) is 16.7. The van der Waals surface area contributed by atoms with E-state index in [4.69, 9.17) is 23.2 Å². The summed E-state index contributed by atoms with van der Waals surface area (Å²) in [7, 11) is 0. The van der Waals surface area contributed by atoms with Gasteiger partial charge in [0.2, 0.25) is 5.91 Å². The Balaban J connectivity index is 1.64. The number of alkyl halides is 4. The van der Waals surface area contributed by atoms with E-state index >= 15 is 0 Å². The van der Waals surface area contributed by atoms with E-state index in [-0.39, 0.29) is 16.4 Å². The zero-order chi connectivity index (χ0) is 28.9. The Bertz CT molecular complexity index is 1410. The minimum atomic E-state index is -4.83. The lowest BCUT2D eigenvalue weighted by Gasteiger charge is -2.30. The van der Waals surface area contributed by atoms with Crippen LogP contribution >= 0.6 is 35.0 Å². The molecule has 1 aliphatic rings. The predicted molar refractivity (Wildman–Crippen MR) is 151 cm³/mol. The third-order valence-electron chi connectivity index (χ3n) is 6.13. The summed E-state index contributed by atoms with van der Waals surface area (Å²) in [5.41, 5.74) is -0.213. The average molecular weight is 613 g/mol. The summed E-state index contributed by atoms with van der Waals surface area (Å²) in [6.07, 6.45) is 0.280. The molecule has 0 spiro atoms. The highest BCUT2D eigenvalue weighted by molar-refractivity contribution is 7.99. The molecule has 1 aromatic carbocycles. The second-order valence-electron chi connectivity index (χ2n) is 8.94. The van der Waals surface area contributed by atoms with Gasteiger partial charge >= 0.3 is 6.18 Å². The second kappa shape index (κ2) is 13.1. The summed E-state index contributed by atoms with van der Waals surface area (Å²) in [4.78, 5) is 30.8. The third-order valence-corrected chi connectivity index (χ3v) is 7.98. The van der Waals surface area contributed by atoms with E-state index in [0.717, 1.165) is 23.3 Å². The zero-order valence-corrected chi connectivity index (χ0v) is 23.7. The number of halogens is 5. The number of rotatable bonds is 10. The molecule has 0 bridgehead atoms. The van der Waals surface area contributed by atoms with Gasteiger partial charge in [-0.25, -0.2) is 9.67 Å². The first kappa shape index (κ1) is 30.0. The number of pyridine rings is 1. The maximum Gasteiger partial charge on any atom is 0.435 e. The number of aromatic nitrogens is 3. The van der Waals surface area contributed by atoms with Crippen molar-refractivity contribution in [1.29, 1.82) is 0 Å². The number of thioether (sulfide) groups is 1. The number of fused-ring (bicyclic) bond motifs is 1. The lowest BCUT2D eigenvalue weighted by atomic mass is 9.87. The summed E-state index contributed by atoms with van der Waals surface area (Å²) < 4.78 is 41.5. The molecular formula is C27H26Cl2F3N5O2S. The number of unbranched alkanes of at least 4 members (excludes halogenated alkanes) is 1. The van der Waals surface area contributed by atoms with Gasteiger partial charge in [0.05, 0.1) is 16.4 Å². The molecule has 7 nitrogen and oxygen atoms in total. The molecular weight excluding hydrogens is 586 g/mol. The fourth-order valence-electron chi connectivity index (χ4n) is 4.12. The van der Waals surface area contributed by atoms with Crippen LogP contribution in [0.5, 0.6) is 0 Å². The molecule has 0 aliphatic heterocycles. The molecule has 0 saturated carbocycles. The Kier molecular flexibility index (Phi) is 9.81. The molecule has 4 rings (SSSR count). The average Bonchev–Trinajstić information content (AvgIpc) is 3.38. The van der Waals surface area contributed by atoms with E-state index < -0.39 is 40.8 Å². The molecule has 2 amide bonds. The van der Waals surface area contributed by atoms with Crippen molar-refractivity contribution in [2.75, 3.05) is 18.1 Å². The van der Waals surface area contributed by atoms with Gasteiger partial charge in [-0.05, 0) is 41.5 Å². The van der Waals surface area contributed by atoms with Gasteiger partial charge in [-0.3, -0.25) is 9.59 Å². The fraction of sp³-hybridized carbons (Fsp3) is 0.333. The van der Waals surface area contributed by atoms with Crippen molar-refractivity contribution in [2.24, 2.45) is 0 Å². The first-order valence-corrected chi connectivity index (χ1v) is 14.5. The number of nitrogens with one attached hydrogen (secondary N) is 2. The summed E-state index contributed by atoms with van der Waals surface area (Å²) in [5.74, 6) is 0.169. The molecule has 0 radical (unpaired) electrons. The molecule has 2 aromatic heterocycles. The fourth-order valence-corrected chi connectivity index (χ4v) is 5.67. The van der Waals surface area contributed by atoms with Crippen LogP contribution in [0.15, 0.2) is 54.2 Å². The van der Waals surface area contributed by atoms with Crippen LogP contribution in [0, 0.1) is 0 Å². The molecule has 212 valence electrons. The first-order valence-electron chi connectivity index (χ1n) is 12.5. The molecule has 1 aliphatic carbocycles. The largest absolute Gasteiger partial charge is 0.435 e. The molecule has 2 N–H and O–H groups in total. The first-order chi connectivity index (χ1) is 19.1. The highest BCUT2D eigenvalue weighted by atomic mass is 35.5. The number of carbonyl (C=O) groups is 2. The summed E-state index contributed by atoms with van der Waals surface area (Å²) in [5, 5.41) is 8.21. The van der Waals surface area contributed by atoms with Crippen molar-refractivity contribution < 1.29 is 22.8 Å². The van der Waals surface area contributed by atoms with Crippen molar-refractivity contribution >= 4 is 52.9 Å². The monoisotopic (exact) mass is 611 g/mol. The van der Waals surface area contributed by atoms with Crippen molar-refractivity contribution in [3.63, 3.8) is 0 Å². The number of carbonyl (C=O) groups excluding carboxylic acids is 2. The highest BCUT2D eigenvalue weighted by Gasteiger charge is 2.39. The SMILES string of the molecule is CCCCSCCNC(=O)C1=Cc2ccccc2C(Cl)C1NC(=O)c1cc(C(F)(F)F)nn1-c1ncccc1Cl. The van der Waals surface area contributed by atoms with Crippen LogP contribution in [-0.2, 0) is 11.0 Å². The molecule has 40 heavy (non-hydrogen) atoms. The van der Waals surface area contributed by atoms with Crippen LogP contribution in [0.4, 0.5) is 13.2 Å². The minimum absolute atomic E-state index is 0.00745. The Morgan fingerprint density at radius 3 is 2.62 bits per heavy atom. The Labute approximate surface area is 243 Å². The zero-order valence-electron chi connectivity index (χ0n) is 21.3. The van der Waals surface area contributed by atoms with Gasteiger partial charge in [0.25, 0.3) is 5.91 Å². The van der Waals surface area contributed by atoms with Crippen LogP contribution in [-0.4, -0.2) is 50.7 Å². The molecule has 2 heterocycles. The quantitative estimate of drug-likeness (QED) is 0.215. The van der Waals surface area contributed by atoms with Crippen LogP contribution < -0.4 is 10.6 Å². The maximum absolute atomic E-state index is 13.6. The van der Waals surface area contributed by atoms with Crippen molar-refractivity contribution in [3.05, 3.63) is 81.8 Å². The molecule has 2 atom stereocenters. The van der Waals surface area contributed by atoms with Gasteiger partial charge < -0.3 is 10.6 Å². The number of nitrogens with zero attached hydrogens (tertiary/aromatic N) is 3. The summed E-state index contributed by atoms with van der Waals surface area (Å²) >= 11 is 14.7.